The van der Waals surface area contributed by atoms with Crippen molar-refractivity contribution in [2.24, 2.45) is 0 Å². The summed E-state index contributed by atoms with van der Waals surface area (Å²) < 4.78 is 0. The first-order valence-corrected chi connectivity index (χ1v) is 9.44. The van der Waals surface area contributed by atoms with Crippen LogP contribution in [0.25, 0.3) is 0 Å². The van der Waals surface area contributed by atoms with E-state index in [4.69, 9.17) is 0 Å². The molecule has 2 heterocycles. The fourth-order valence-electron chi connectivity index (χ4n) is 2.93. The second-order valence-corrected chi connectivity index (χ2v) is 7.68. The second kappa shape index (κ2) is 7.35. The molecule has 0 aliphatic carbocycles. The molecular formula is C19H23N3O2S. The van der Waals surface area contributed by atoms with Crippen LogP contribution in [0, 0.1) is 6.92 Å². The molecule has 0 saturated carbocycles. The highest BCUT2D eigenvalue weighted by Crippen LogP contribution is 2.17. The minimum absolute atomic E-state index is 0.0342. The number of thiazole rings is 1. The smallest absolute Gasteiger partial charge is 0.273 e. The zero-order chi connectivity index (χ0) is 18.0. The van der Waals surface area contributed by atoms with Crippen LogP contribution in [0.5, 0.6) is 0 Å². The molecular weight excluding hydrogens is 334 g/mol. The predicted molar refractivity (Wildman–Crippen MR) is 99.2 cm³/mol. The van der Waals surface area contributed by atoms with Crippen molar-refractivity contribution in [1.29, 1.82) is 0 Å². The zero-order valence-electron chi connectivity index (χ0n) is 14.9. The van der Waals surface area contributed by atoms with Gasteiger partial charge in [0, 0.05) is 37.1 Å². The quantitative estimate of drug-likeness (QED) is 0.848. The van der Waals surface area contributed by atoms with Crippen LogP contribution < -0.4 is 0 Å². The van der Waals surface area contributed by atoms with Crippen LogP contribution in [0.1, 0.15) is 51.2 Å². The molecule has 2 aromatic rings. The molecule has 3 rings (SSSR count). The van der Waals surface area contributed by atoms with Crippen LogP contribution in [0.4, 0.5) is 0 Å². The minimum Gasteiger partial charge on any atom is -0.335 e. The van der Waals surface area contributed by atoms with Gasteiger partial charge < -0.3 is 9.80 Å². The van der Waals surface area contributed by atoms with Crippen LogP contribution in [-0.2, 0) is 0 Å². The van der Waals surface area contributed by atoms with E-state index < -0.39 is 0 Å². The van der Waals surface area contributed by atoms with E-state index >= 15 is 0 Å². The normalized spacial score (nSPS) is 14.9. The SMILES string of the molecule is Cc1nc(C(=O)N2CCN(C(=O)c3ccc(C(C)C)cc3)CC2)cs1. The van der Waals surface area contributed by atoms with Gasteiger partial charge in [-0.05, 0) is 30.5 Å². The first-order valence-electron chi connectivity index (χ1n) is 8.56. The Labute approximate surface area is 152 Å². The first kappa shape index (κ1) is 17.6. The van der Waals surface area contributed by atoms with Crippen LogP contribution in [0.15, 0.2) is 29.6 Å². The molecule has 0 atom stereocenters. The van der Waals surface area contributed by atoms with Crippen molar-refractivity contribution in [3.8, 4) is 0 Å². The highest BCUT2D eigenvalue weighted by molar-refractivity contribution is 7.09. The number of benzene rings is 1. The van der Waals surface area contributed by atoms with Crippen molar-refractivity contribution < 1.29 is 9.59 Å². The van der Waals surface area contributed by atoms with Crippen molar-refractivity contribution in [2.45, 2.75) is 26.7 Å². The molecule has 1 aromatic carbocycles. The summed E-state index contributed by atoms with van der Waals surface area (Å²) in [6.07, 6.45) is 0. The third-order valence-electron chi connectivity index (χ3n) is 4.52. The third-order valence-corrected chi connectivity index (χ3v) is 5.29. The lowest BCUT2D eigenvalue weighted by molar-refractivity contribution is 0.0532. The van der Waals surface area contributed by atoms with Gasteiger partial charge in [-0.15, -0.1) is 11.3 Å². The lowest BCUT2D eigenvalue weighted by atomic mass is 10.0. The summed E-state index contributed by atoms with van der Waals surface area (Å²) in [7, 11) is 0. The Kier molecular flexibility index (Phi) is 5.18. The number of rotatable bonds is 3. The summed E-state index contributed by atoms with van der Waals surface area (Å²) >= 11 is 1.48. The molecule has 5 nitrogen and oxygen atoms in total. The maximum Gasteiger partial charge on any atom is 0.273 e. The fourth-order valence-corrected chi connectivity index (χ4v) is 3.52. The summed E-state index contributed by atoms with van der Waals surface area (Å²) in [5.74, 6) is 0.442. The molecule has 1 aliphatic heterocycles. The number of hydrogen-bond acceptors (Lipinski definition) is 4. The Balaban J connectivity index is 1.59. The van der Waals surface area contributed by atoms with E-state index in [9.17, 15) is 9.59 Å². The molecule has 1 aromatic heterocycles. The van der Waals surface area contributed by atoms with Crippen LogP contribution in [0.2, 0.25) is 0 Å². The largest absolute Gasteiger partial charge is 0.335 e. The molecule has 0 spiro atoms. The molecule has 1 saturated heterocycles. The van der Waals surface area contributed by atoms with Gasteiger partial charge in [0.2, 0.25) is 0 Å². The Morgan fingerprint density at radius 1 is 1.00 bits per heavy atom. The topological polar surface area (TPSA) is 53.5 Å². The van der Waals surface area contributed by atoms with Gasteiger partial charge in [-0.1, -0.05) is 26.0 Å². The van der Waals surface area contributed by atoms with Gasteiger partial charge in [-0.2, -0.15) is 0 Å². The summed E-state index contributed by atoms with van der Waals surface area (Å²) in [6.45, 7) is 8.37. The van der Waals surface area contributed by atoms with E-state index in [2.05, 4.69) is 18.8 Å². The van der Waals surface area contributed by atoms with Crippen molar-refractivity contribution >= 4 is 23.2 Å². The molecule has 0 unspecified atom stereocenters. The van der Waals surface area contributed by atoms with Crippen molar-refractivity contribution in [2.75, 3.05) is 26.2 Å². The van der Waals surface area contributed by atoms with E-state index in [-0.39, 0.29) is 11.8 Å². The highest BCUT2D eigenvalue weighted by atomic mass is 32.1. The number of carbonyl (C=O) groups excluding carboxylic acids is 2. The number of nitrogens with zero attached hydrogens (tertiary/aromatic N) is 3. The summed E-state index contributed by atoms with van der Waals surface area (Å²) in [5, 5.41) is 2.69. The van der Waals surface area contributed by atoms with Crippen LogP contribution in [-0.4, -0.2) is 52.8 Å². The van der Waals surface area contributed by atoms with Gasteiger partial charge in [0.25, 0.3) is 11.8 Å². The molecule has 1 aliphatic rings. The van der Waals surface area contributed by atoms with Crippen LogP contribution >= 0.6 is 11.3 Å². The van der Waals surface area contributed by atoms with E-state index in [1.165, 1.54) is 16.9 Å². The molecule has 2 amide bonds. The number of aromatic nitrogens is 1. The van der Waals surface area contributed by atoms with Crippen LogP contribution in [0.3, 0.4) is 0 Å². The molecule has 25 heavy (non-hydrogen) atoms. The molecule has 6 heteroatoms. The lowest BCUT2D eigenvalue weighted by Gasteiger charge is -2.34. The Hall–Kier alpha value is -2.21. The molecule has 132 valence electrons. The van der Waals surface area contributed by atoms with Crippen molar-refractivity contribution in [3.05, 3.63) is 51.5 Å². The lowest BCUT2D eigenvalue weighted by Crippen LogP contribution is -2.50. The van der Waals surface area contributed by atoms with E-state index in [1.54, 1.807) is 10.3 Å². The average molecular weight is 357 g/mol. The minimum atomic E-state index is -0.0438. The number of amides is 2. The number of aryl methyl sites for hydroxylation is 1. The van der Waals surface area contributed by atoms with Gasteiger partial charge >= 0.3 is 0 Å². The monoisotopic (exact) mass is 357 g/mol. The summed E-state index contributed by atoms with van der Waals surface area (Å²) in [5.41, 5.74) is 2.44. The second-order valence-electron chi connectivity index (χ2n) is 6.61. The van der Waals surface area contributed by atoms with Gasteiger partial charge in [-0.25, -0.2) is 4.98 Å². The molecule has 0 bridgehead atoms. The molecule has 1 fully saturated rings. The van der Waals surface area contributed by atoms with Gasteiger partial charge in [0.05, 0.1) is 5.01 Å². The number of carbonyl (C=O) groups is 2. The fraction of sp³-hybridized carbons (Fsp3) is 0.421. The van der Waals surface area contributed by atoms with Crippen molar-refractivity contribution in [3.63, 3.8) is 0 Å². The van der Waals surface area contributed by atoms with Crippen molar-refractivity contribution in [1.82, 2.24) is 14.8 Å². The maximum absolute atomic E-state index is 12.6. The third kappa shape index (κ3) is 3.90. The Morgan fingerprint density at radius 2 is 1.56 bits per heavy atom. The zero-order valence-corrected chi connectivity index (χ0v) is 15.7. The predicted octanol–water partition coefficient (Wildman–Crippen LogP) is 3.17. The first-order chi connectivity index (χ1) is 12.0. The summed E-state index contributed by atoms with van der Waals surface area (Å²) in [4.78, 5) is 32.9. The van der Waals surface area contributed by atoms with Gasteiger partial charge in [-0.3, -0.25) is 9.59 Å². The summed E-state index contributed by atoms with van der Waals surface area (Å²) in [6, 6.07) is 7.82. The highest BCUT2D eigenvalue weighted by Gasteiger charge is 2.26. The van der Waals surface area contributed by atoms with E-state index in [0.29, 0.717) is 43.4 Å². The van der Waals surface area contributed by atoms with Gasteiger partial charge in [0.15, 0.2) is 0 Å². The van der Waals surface area contributed by atoms with E-state index in [1.807, 2.05) is 36.1 Å². The average Bonchev–Trinajstić information content (AvgIpc) is 3.07. The number of hydrogen-bond donors (Lipinski definition) is 0. The van der Waals surface area contributed by atoms with E-state index in [0.717, 1.165) is 5.01 Å². The molecule has 0 N–H and O–H groups in total. The standard InChI is InChI=1S/C19H23N3O2S/c1-13(2)15-4-6-16(7-5-15)18(23)21-8-10-22(11-9-21)19(24)17-12-25-14(3)20-17/h4-7,12-13H,8-11H2,1-3H3. The Bertz CT molecular complexity index is 759. The van der Waals surface area contributed by atoms with Gasteiger partial charge in [0.1, 0.15) is 5.69 Å². The molecule has 0 radical (unpaired) electrons. The number of piperazine rings is 1. The Morgan fingerprint density at radius 3 is 2.04 bits per heavy atom. The maximum atomic E-state index is 12.6.